The van der Waals surface area contributed by atoms with Gasteiger partial charge in [-0.3, -0.25) is 9.59 Å². The van der Waals surface area contributed by atoms with Gasteiger partial charge in [-0.25, -0.2) is 0 Å². The molecule has 2 N–H and O–H groups in total. The molecule has 112 valence electrons. The number of amides is 1. The number of nitrogens with zero attached hydrogens (tertiary/aromatic N) is 1. The molecule has 3 rings (SSSR count). The van der Waals surface area contributed by atoms with Crippen LogP contribution in [0.25, 0.3) is 0 Å². The number of carboxylic acids is 1. The maximum absolute atomic E-state index is 12.7. The van der Waals surface area contributed by atoms with Crippen molar-refractivity contribution in [3.8, 4) is 5.75 Å². The number of carbonyl (C=O) groups is 2. The molecule has 5 nitrogen and oxygen atoms in total. The summed E-state index contributed by atoms with van der Waals surface area (Å²) in [5, 5.41) is 18.8. The molecule has 2 unspecified atom stereocenters. The lowest BCUT2D eigenvalue weighted by atomic mass is 9.88. The molecule has 5 heteroatoms. The van der Waals surface area contributed by atoms with Crippen molar-refractivity contribution in [2.24, 2.45) is 5.92 Å². The summed E-state index contributed by atoms with van der Waals surface area (Å²) in [6.45, 7) is 0. The van der Waals surface area contributed by atoms with Crippen LogP contribution >= 0.6 is 0 Å². The summed E-state index contributed by atoms with van der Waals surface area (Å²) in [6.07, 6.45) is 3.55. The molecule has 0 aliphatic carbocycles. The minimum Gasteiger partial charge on any atom is -0.507 e. The number of carbonyl (C=O) groups excluding carboxylic acids is 1. The van der Waals surface area contributed by atoms with E-state index in [0.29, 0.717) is 5.56 Å². The van der Waals surface area contributed by atoms with Gasteiger partial charge in [0.25, 0.3) is 5.91 Å². The number of hydrogen-bond donors (Lipinski definition) is 2. The highest BCUT2D eigenvalue weighted by Gasteiger charge is 2.44. The molecule has 0 aromatic heterocycles. The van der Waals surface area contributed by atoms with Crippen molar-refractivity contribution in [3.05, 3.63) is 29.8 Å². The molecule has 2 fully saturated rings. The number of fused-ring (bicyclic) bond motifs is 2. The van der Waals surface area contributed by atoms with Gasteiger partial charge in [0.15, 0.2) is 0 Å². The minimum atomic E-state index is -0.764. The van der Waals surface area contributed by atoms with Gasteiger partial charge in [0, 0.05) is 18.5 Å². The van der Waals surface area contributed by atoms with E-state index in [1.165, 1.54) is 6.07 Å². The van der Waals surface area contributed by atoms with Gasteiger partial charge in [-0.15, -0.1) is 0 Å². The van der Waals surface area contributed by atoms with Crippen LogP contribution in [-0.4, -0.2) is 39.1 Å². The monoisotopic (exact) mass is 289 g/mol. The molecular formula is C16H19NO4. The van der Waals surface area contributed by atoms with Crippen molar-refractivity contribution in [2.75, 3.05) is 0 Å². The zero-order valence-corrected chi connectivity index (χ0v) is 11.7. The van der Waals surface area contributed by atoms with Crippen LogP contribution in [0.2, 0.25) is 0 Å². The van der Waals surface area contributed by atoms with Gasteiger partial charge in [-0.05, 0) is 43.7 Å². The first kappa shape index (κ1) is 13.9. The van der Waals surface area contributed by atoms with Gasteiger partial charge in [0.2, 0.25) is 0 Å². The maximum Gasteiger partial charge on any atom is 0.303 e. The van der Waals surface area contributed by atoms with Crippen LogP contribution in [-0.2, 0) is 4.79 Å². The second kappa shape index (κ2) is 5.39. The smallest absolute Gasteiger partial charge is 0.303 e. The van der Waals surface area contributed by atoms with Crippen molar-refractivity contribution < 1.29 is 19.8 Å². The van der Waals surface area contributed by atoms with E-state index >= 15 is 0 Å². The van der Waals surface area contributed by atoms with Crippen molar-refractivity contribution in [1.29, 1.82) is 0 Å². The number of hydrogen-bond acceptors (Lipinski definition) is 3. The Morgan fingerprint density at radius 2 is 1.76 bits per heavy atom. The lowest BCUT2D eigenvalue weighted by molar-refractivity contribution is -0.138. The molecule has 21 heavy (non-hydrogen) atoms. The predicted molar refractivity (Wildman–Crippen MR) is 76.1 cm³/mol. The fourth-order valence-electron chi connectivity index (χ4n) is 3.83. The normalized spacial score (nSPS) is 27.6. The van der Waals surface area contributed by atoms with E-state index in [1.807, 2.05) is 4.90 Å². The molecule has 1 amide bonds. The Labute approximate surface area is 123 Å². The Bertz CT molecular complexity index is 557. The van der Waals surface area contributed by atoms with E-state index in [0.717, 1.165) is 25.7 Å². The number of benzene rings is 1. The number of aromatic hydroxyl groups is 1. The highest BCUT2D eigenvalue weighted by molar-refractivity contribution is 5.97. The molecule has 2 saturated heterocycles. The van der Waals surface area contributed by atoms with Crippen molar-refractivity contribution in [3.63, 3.8) is 0 Å². The minimum absolute atomic E-state index is 0.00885. The molecule has 0 radical (unpaired) electrons. The van der Waals surface area contributed by atoms with Gasteiger partial charge < -0.3 is 15.1 Å². The standard InChI is InChI=1S/C16H19NO4/c18-14-4-2-1-3-13(14)16(21)17-11-5-6-12(17)8-10(7-11)9-15(19)20/h1-4,10-12,18H,5-9H2,(H,19,20). The second-order valence-corrected chi connectivity index (χ2v) is 6.05. The molecular weight excluding hydrogens is 270 g/mol. The van der Waals surface area contributed by atoms with E-state index in [1.54, 1.807) is 18.2 Å². The summed E-state index contributed by atoms with van der Waals surface area (Å²) < 4.78 is 0. The molecule has 0 spiro atoms. The highest BCUT2D eigenvalue weighted by atomic mass is 16.4. The van der Waals surface area contributed by atoms with E-state index < -0.39 is 5.97 Å². The van der Waals surface area contributed by atoms with Gasteiger partial charge in [-0.1, -0.05) is 12.1 Å². The van der Waals surface area contributed by atoms with E-state index in [9.17, 15) is 14.7 Å². The highest BCUT2D eigenvalue weighted by Crippen LogP contribution is 2.41. The molecule has 2 atom stereocenters. The topological polar surface area (TPSA) is 77.8 Å². The van der Waals surface area contributed by atoms with Crippen molar-refractivity contribution >= 4 is 11.9 Å². The summed E-state index contributed by atoms with van der Waals surface area (Å²) in [7, 11) is 0. The Kier molecular flexibility index (Phi) is 3.57. The van der Waals surface area contributed by atoms with Crippen LogP contribution < -0.4 is 0 Å². The number of phenolic OH excluding ortho intramolecular Hbond substituents is 1. The third-order valence-corrected chi connectivity index (χ3v) is 4.66. The summed E-state index contributed by atoms with van der Waals surface area (Å²) in [5.41, 5.74) is 0.339. The Hall–Kier alpha value is -2.04. The number of carboxylic acid groups (broad SMARTS) is 1. The number of piperidine rings is 1. The number of phenols is 1. The lowest BCUT2D eigenvalue weighted by Gasteiger charge is -2.38. The summed E-state index contributed by atoms with van der Waals surface area (Å²) in [4.78, 5) is 25.4. The summed E-state index contributed by atoms with van der Waals surface area (Å²) in [5.74, 6) is -0.725. The van der Waals surface area contributed by atoms with E-state index in [2.05, 4.69) is 0 Å². The van der Waals surface area contributed by atoms with Crippen molar-refractivity contribution in [1.82, 2.24) is 4.90 Å². The van der Waals surface area contributed by atoms with Crippen LogP contribution in [0, 0.1) is 5.92 Å². The number of aliphatic carboxylic acids is 1. The zero-order chi connectivity index (χ0) is 15.0. The Balaban J connectivity index is 1.78. The molecule has 0 saturated carbocycles. The first-order valence-electron chi connectivity index (χ1n) is 7.38. The molecule has 1 aromatic carbocycles. The quantitative estimate of drug-likeness (QED) is 0.894. The van der Waals surface area contributed by atoms with Gasteiger partial charge in [0.1, 0.15) is 5.75 Å². The van der Waals surface area contributed by atoms with Gasteiger partial charge in [-0.2, -0.15) is 0 Å². The largest absolute Gasteiger partial charge is 0.507 e. The van der Waals surface area contributed by atoms with Crippen LogP contribution in [0.5, 0.6) is 5.75 Å². The van der Waals surface area contributed by atoms with Gasteiger partial charge >= 0.3 is 5.97 Å². The Morgan fingerprint density at radius 3 is 2.33 bits per heavy atom. The molecule has 2 aliphatic heterocycles. The van der Waals surface area contributed by atoms with E-state index in [-0.39, 0.29) is 36.1 Å². The average Bonchev–Trinajstić information content (AvgIpc) is 2.69. The fraction of sp³-hybridized carbons (Fsp3) is 0.500. The zero-order valence-electron chi connectivity index (χ0n) is 11.7. The van der Waals surface area contributed by atoms with Crippen LogP contribution in [0.3, 0.4) is 0 Å². The first-order valence-corrected chi connectivity index (χ1v) is 7.38. The maximum atomic E-state index is 12.7. The van der Waals surface area contributed by atoms with Crippen LogP contribution in [0.4, 0.5) is 0 Å². The SMILES string of the molecule is O=C(O)CC1CC2CCC(C1)N2C(=O)c1ccccc1O. The fourth-order valence-corrected chi connectivity index (χ4v) is 3.83. The predicted octanol–water partition coefficient (Wildman–Crippen LogP) is 2.25. The van der Waals surface area contributed by atoms with Crippen LogP contribution in [0.1, 0.15) is 42.5 Å². The molecule has 1 aromatic rings. The molecule has 2 aliphatic rings. The van der Waals surface area contributed by atoms with E-state index in [4.69, 9.17) is 5.11 Å². The first-order chi connectivity index (χ1) is 10.1. The third kappa shape index (κ3) is 2.60. The summed E-state index contributed by atoms with van der Waals surface area (Å²) in [6, 6.07) is 6.82. The van der Waals surface area contributed by atoms with Crippen molar-refractivity contribution in [2.45, 2.75) is 44.2 Å². The van der Waals surface area contributed by atoms with Crippen LogP contribution in [0.15, 0.2) is 24.3 Å². The lowest BCUT2D eigenvalue weighted by Crippen LogP contribution is -2.46. The Morgan fingerprint density at radius 1 is 1.14 bits per heavy atom. The second-order valence-electron chi connectivity index (χ2n) is 6.05. The third-order valence-electron chi connectivity index (χ3n) is 4.66. The number of para-hydroxylation sites is 1. The number of rotatable bonds is 3. The molecule has 2 heterocycles. The summed E-state index contributed by atoms with van der Waals surface area (Å²) >= 11 is 0. The van der Waals surface area contributed by atoms with Gasteiger partial charge in [0.05, 0.1) is 5.56 Å². The molecule has 2 bridgehead atoms. The average molecular weight is 289 g/mol.